The lowest BCUT2D eigenvalue weighted by atomic mass is 9.92. The summed E-state index contributed by atoms with van der Waals surface area (Å²) in [6.45, 7) is 6.00. The van der Waals surface area contributed by atoms with Gasteiger partial charge in [0.25, 0.3) is 0 Å². The van der Waals surface area contributed by atoms with Crippen LogP contribution in [0, 0.1) is 18.8 Å². The third kappa shape index (κ3) is 4.40. The number of carbonyl (C=O) groups is 2. The number of rotatable bonds is 5. The largest absolute Gasteiger partial charge is 0.359 e. The lowest BCUT2D eigenvalue weighted by Gasteiger charge is -2.42. The van der Waals surface area contributed by atoms with Gasteiger partial charge in [0.15, 0.2) is 5.76 Å². The standard InChI is InChI=1S/C21H32N4O3/c1-15-12-19(28-22-15)14-23(2)20(26)17-4-3-9-25(13-17)18-7-10-24(11-8-18)21(27)16-5-6-16/h12,16-18H,3-11,13-14H2,1-2H3. The second-order valence-electron chi connectivity index (χ2n) is 8.79. The first-order valence-corrected chi connectivity index (χ1v) is 10.7. The molecule has 1 aliphatic carbocycles. The predicted molar refractivity (Wildman–Crippen MR) is 104 cm³/mol. The molecule has 7 heteroatoms. The topological polar surface area (TPSA) is 69.9 Å². The summed E-state index contributed by atoms with van der Waals surface area (Å²) in [6, 6.07) is 2.38. The number of hydrogen-bond donors (Lipinski definition) is 0. The van der Waals surface area contributed by atoms with Gasteiger partial charge in [-0.25, -0.2) is 0 Å². The normalized spacial score (nSPS) is 24.4. The molecule has 1 aromatic heterocycles. The van der Waals surface area contributed by atoms with Crippen molar-refractivity contribution >= 4 is 11.8 Å². The second-order valence-corrected chi connectivity index (χ2v) is 8.79. The molecule has 154 valence electrons. The third-order valence-corrected chi connectivity index (χ3v) is 6.47. The minimum atomic E-state index is 0.0499. The van der Waals surface area contributed by atoms with Crippen molar-refractivity contribution in [3.05, 3.63) is 17.5 Å². The second kappa shape index (κ2) is 8.23. The molecule has 0 N–H and O–H groups in total. The van der Waals surface area contributed by atoms with E-state index in [2.05, 4.69) is 15.0 Å². The van der Waals surface area contributed by atoms with Crippen molar-refractivity contribution in [2.45, 2.75) is 58.0 Å². The van der Waals surface area contributed by atoms with Crippen LogP contribution in [0.25, 0.3) is 0 Å². The maximum atomic E-state index is 12.9. The third-order valence-electron chi connectivity index (χ3n) is 6.47. The molecule has 0 aromatic carbocycles. The van der Waals surface area contributed by atoms with E-state index in [1.807, 2.05) is 20.0 Å². The van der Waals surface area contributed by atoms with Crippen molar-refractivity contribution in [1.82, 2.24) is 19.9 Å². The molecule has 0 spiro atoms. The Labute approximate surface area is 167 Å². The number of carbonyl (C=O) groups excluding carboxylic acids is 2. The van der Waals surface area contributed by atoms with E-state index in [1.54, 1.807) is 4.90 Å². The van der Waals surface area contributed by atoms with Crippen molar-refractivity contribution in [3.8, 4) is 0 Å². The van der Waals surface area contributed by atoms with Crippen LogP contribution < -0.4 is 0 Å². The fourth-order valence-corrected chi connectivity index (χ4v) is 4.69. The van der Waals surface area contributed by atoms with Gasteiger partial charge in [-0.2, -0.15) is 0 Å². The molecule has 1 atom stereocenters. The zero-order chi connectivity index (χ0) is 19.7. The maximum absolute atomic E-state index is 12.9. The average molecular weight is 389 g/mol. The highest BCUT2D eigenvalue weighted by Crippen LogP contribution is 2.33. The average Bonchev–Trinajstić information content (AvgIpc) is 3.49. The van der Waals surface area contributed by atoms with E-state index in [1.165, 1.54) is 0 Å². The zero-order valence-electron chi connectivity index (χ0n) is 17.1. The molecule has 0 radical (unpaired) electrons. The Morgan fingerprint density at radius 3 is 2.54 bits per heavy atom. The molecule has 7 nitrogen and oxygen atoms in total. The molecule has 1 aromatic rings. The van der Waals surface area contributed by atoms with Crippen LogP contribution in [0.2, 0.25) is 0 Å². The zero-order valence-corrected chi connectivity index (χ0v) is 17.1. The Bertz CT molecular complexity index is 706. The highest BCUT2D eigenvalue weighted by molar-refractivity contribution is 5.81. The molecule has 3 aliphatic rings. The fourth-order valence-electron chi connectivity index (χ4n) is 4.69. The molecule has 0 bridgehead atoms. The molecule has 2 saturated heterocycles. The summed E-state index contributed by atoms with van der Waals surface area (Å²) in [5.74, 6) is 1.66. The van der Waals surface area contributed by atoms with E-state index in [4.69, 9.17) is 4.52 Å². The van der Waals surface area contributed by atoms with E-state index in [-0.39, 0.29) is 11.8 Å². The lowest BCUT2D eigenvalue weighted by molar-refractivity contribution is -0.137. The van der Waals surface area contributed by atoms with Crippen LogP contribution in [0.4, 0.5) is 0 Å². The first-order chi connectivity index (χ1) is 13.5. The lowest BCUT2D eigenvalue weighted by Crippen LogP contribution is -2.51. The smallest absolute Gasteiger partial charge is 0.227 e. The van der Waals surface area contributed by atoms with Gasteiger partial charge in [0, 0.05) is 44.7 Å². The summed E-state index contributed by atoms with van der Waals surface area (Å²) in [4.78, 5) is 31.5. The molecule has 3 heterocycles. The summed E-state index contributed by atoms with van der Waals surface area (Å²) < 4.78 is 5.25. The first kappa shape index (κ1) is 19.4. The molecule has 2 amide bonds. The van der Waals surface area contributed by atoms with Crippen molar-refractivity contribution in [2.24, 2.45) is 11.8 Å². The van der Waals surface area contributed by atoms with Gasteiger partial charge in [-0.15, -0.1) is 0 Å². The number of nitrogens with zero attached hydrogens (tertiary/aromatic N) is 4. The molecule has 1 unspecified atom stereocenters. The number of likely N-dealkylation sites (tertiary alicyclic amines) is 2. The van der Waals surface area contributed by atoms with Gasteiger partial charge in [-0.3, -0.25) is 14.5 Å². The molecule has 1 saturated carbocycles. The van der Waals surface area contributed by atoms with Gasteiger partial charge in [0.1, 0.15) is 0 Å². The summed E-state index contributed by atoms with van der Waals surface area (Å²) in [5.41, 5.74) is 0.839. The molecule has 4 rings (SSSR count). The number of hydrogen-bond acceptors (Lipinski definition) is 5. The fraction of sp³-hybridized carbons (Fsp3) is 0.762. The van der Waals surface area contributed by atoms with Crippen LogP contribution in [0.5, 0.6) is 0 Å². The van der Waals surface area contributed by atoms with Crippen LogP contribution in [0.15, 0.2) is 10.6 Å². The van der Waals surface area contributed by atoms with Crippen LogP contribution in [0.1, 0.15) is 50.0 Å². The van der Waals surface area contributed by atoms with Crippen LogP contribution in [0.3, 0.4) is 0 Å². The molecule has 28 heavy (non-hydrogen) atoms. The highest BCUT2D eigenvalue weighted by Gasteiger charge is 2.37. The summed E-state index contributed by atoms with van der Waals surface area (Å²) in [5, 5.41) is 3.90. The number of aryl methyl sites for hydroxylation is 1. The molecule has 2 aliphatic heterocycles. The summed E-state index contributed by atoms with van der Waals surface area (Å²) in [7, 11) is 1.85. The summed E-state index contributed by atoms with van der Waals surface area (Å²) >= 11 is 0. The molecular formula is C21H32N4O3. The number of amides is 2. The van der Waals surface area contributed by atoms with E-state index in [0.29, 0.717) is 24.4 Å². The van der Waals surface area contributed by atoms with Gasteiger partial charge >= 0.3 is 0 Å². The minimum Gasteiger partial charge on any atom is -0.359 e. The molecular weight excluding hydrogens is 356 g/mol. The van der Waals surface area contributed by atoms with E-state index < -0.39 is 0 Å². The SMILES string of the molecule is Cc1cc(CN(C)C(=O)C2CCCN(C3CCN(C(=O)C4CC4)CC3)C2)on1. The van der Waals surface area contributed by atoms with Crippen LogP contribution >= 0.6 is 0 Å². The van der Waals surface area contributed by atoms with Crippen molar-refractivity contribution in [1.29, 1.82) is 0 Å². The van der Waals surface area contributed by atoms with Crippen molar-refractivity contribution in [2.75, 3.05) is 33.2 Å². The van der Waals surface area contributed by atoms with Crippen molar-refractivity contribution in [3.63, 3.8) is 0 Å². The Balaban J connectivity index is 1.27. The van der Waals surface area contributed by atoms with Crippen molar-refractivity contribution < 1.29 is 14.1 Å². The van der Waals surface area contributed by atoms with Gasteiger partial charge in [-0.1, -0.05) is 5.16 Å². The quantitative estimate of drug-likeness (QED) is 0.772. The Morgan fingerprint density at radius 1 is 1.14 bits per heavy atom. The number of piperidine rings is 2. The number of aromatic nitrogens is 1. The van der Waals surface area contributed by atoms with Gasteiger partial charge in [-0.05, 0) is 52.0 Å². The Hall–Kier alpha value is -1.89. The molecule has 3 fully saturated rings. The van der Waals surface area contributed by atoms with E-state index in [0.717, 1.165) is 76.2 Å². The maximum Gasteiger partial charge on any atom is 0.227 e. The van der Waals surface area contributed by atoms with Gasteiger partial charge in [0.05, 0.1) is 18.2 Å². The Kier molecular flexibility index (Phi) is 5.71. The van der Waals surface area contributed by atoms with Gasteiger partial charge < -0.3 is 14.3 Å². The van der Waals surface area contributed by atoms with E-state index in [9.17, 15) is 9.59 Å². The minimum absolute atomic E-state index is 0.0499. The summed E-state index contributed by atoms with van der Waals surface area (Å²) in [6.07, 6.45) is 6.24. The van der Waals surface area contributed by atoms with Crippen LogP contribution in [-0.4, -0.2) is 70.9 Å². The Morgan fingerprint density at radius 2 is 1.89 bits per heavy atom. The van der Waals surface area contributed by atoms with Crippen LogP contribution in [-0.2, 0) is 16.1 Å². The monoisotopic (exact) mass is 388 g/mol. The van der Waals surface area contributed by atoms with E-state index >= 15 is 0 Å². The first-order valence-electron chi connectivity index (χ1n) is 10.7. The predicted octanol–water partition coefficient (Wildman–Crippen LogP) is 2.05. The highest BCUT2D eigenvalue weighted by atomic mass is 16.5. The van der Waals surface area contributed by atoms with Gasteiger partial charge in [0.2, 0.25) is 11.8 Å².